The molecule has 1 heterocycles. The van der Waals surface area contributed by atoms with Crippen LogP contribution in [0.4, 0.5) is 0 Å². The van der Waals surface area contributed by atoms with Crippen molar-refractivity contribution in [2.45, 2.75) is 19.4 Å². The summed E-state index contributed by atoms with van der Waals surface area (Å²) in [7, 11) is 0. The Morgan fingerprint density at radius 3 is 2.92 bits per heavy atom. The van der Waals surface area contributed by atoms with Gasteiger partial charge in [-0.3, -0.25) is 0 Å². The zero-order chi connectivity index (χ0) is 9.19. The standard InChI is InChI=1S/C9H14O3/c1-4-8(10)11-6-9(3)7(2)5-12-9/h4,7H,1,5-6H2,2-3H3. The highest BCUT2D eigenvalue weighted by atomic mass is 16.6. The van der Waals surface area contributed by atoms with Gasteiger partial charge in [-0.05, 0) is 6.92 Å². The minimum atomic E-state index is -0.390. The fourth-order valence-electron chi connectivity index (χ4n) is 0.992. The van der Waals surface area contributed by atoms with Gasteiger partial charge in [-0.25, -0.2) is 4.79 Å². The van der Waals surface area contributed by atoms with E-state index < -0.39 is 0 Å². The van der Waals surface area contributed by atoms with Crippen LogP contribution in [0, 0.1) is 5.92 Å². The number of esters is 1. The van der Waals surface area contributed by atoms with Gasteiger partial charge in [0.15, 0.2) is 0 Å². The Morgan fingerprint density at radius 2 is 2.58 bits per heavy atom. The first-order chi connectivity index (χ1) is 5.58. The Morgan fingerprint density at radius 1 is 1.92 bits per heavy atom. The van der Waals surface area contributed by atoms with E-state index in [2.05, 4.69) is 13.5 Å². The number of hydrogen-bond acceptors (Lipinski definition) is 3. The van der Waals surface area contributed by atoms with E-state index in [-0.39, 0.29) is 11.6 Å². The van der Waals surface area contributed by atoms with Crippen LogP contribution < -0.4 is 0 Å². The molecule has 0 aromatic heterocycles. The summed E-state index contributed by atoms with van der Waals surface area (Å²) in [5.41, 5.74) is -0.279. The molecule has 0 aromatic rings. The molecule has 0 aliphatic carbocycles. The van der Waals surface area contributed by atoms with Gasteiger partial charge in [0.05, 0.1) is 6.61 Å². The second-order valence-corrected chi connectivity index (χ2v) is 3.34. The van der Waals surface area contributed by atoms with E-state index >= 15 is 0 Å². The van der Waals surface area contributed by atoms with Gasteiger partial charge in [0.1, 0.15) is 12.2 Å². The third kappa shape index (κ3) is 1.67. The highest BCUT2D eigenvalue weighted by molar-refractivity contribution is 5.81. The second kappa shape index (κ2) is 3.27. The highest BCUT2D eigenvalue weighted by Gasteiger charge is 2.42. The van der Waals surface area contributed by atoms with Crippen molar-refractivity contribution >= 4 is 5.97 Å². The normalized spacial score (nSPS) is 33.7. The molecule has 1 aliphatic rings. The lowest BCUT2D eigenvalue weighted by Gasteiger charge is -2.44. The van der Waals surface area contributed by atoms with Gasteiger partial charge < -0.3 is 9.47 Å². The third-order valence-corrected chi connectivity index (χ3v) is 2.37. The zero-order valence-electron chi connectivity index (χ0n) is 7.50. The third-order valence-electron chi connectivity index (χ3n) is 2.37. The molecule has 12 heavy (non-hydrogen) atoms. The molecule has 0 saturated carbocycles. The maximum atomic E-state index is 10.7. The Labute approximate surface area is 72.4 Å². The summed E-state index contributed by atoms with van der Waals surface area (Å²) in [6.45, 7) is 8.40. The SMILES string of the molecule is C=CC(=O)OCC1(C)OCC1C. The predicted octanol–water partition coefficient (Wildman–Crippen LogP) is 1.14. The van der Waals surface area contributed by atoms with Crippen molar-refractivity contribution < 1.29 is 14.3 Å². The molecule has 1 aliphatic heterocycles. The van der Waals surface area contributed by atoms with Gasteiger partial charge in [-0.15, -0.1) is 0 Å². The van der Waals surface area contributed by atoms with Crippen LogP contribution in [0.25, 0.3) is 0 Å². The van der Waals surface area contributed by atoms with Gasteiger partial charge >= 0.3 is 5.97 Å². The topological polar surface area (TPSA) is 35.5 Å². The largest absolute Gasteiger partial charge is 0.459 e. The van der Waals surface area contributed by atoms with Crippen molar-refractivity contribution in [2.24, 2.45) is 5.92 Å². The van der Waals surface area contributed by atoms with E-state index in [0.29, 0.717) is 12.5 Å². The van der Waals surface area contributed by atoms with Crippen LogP contribution in [0.3, 0.4) is 0 Å². The van der Waals surface area contributed by atoms with Gasteiger partial charge in [0, 0.05) is 12.0 Å². The molecular weight excluding hydrogens is 156 g/mol. The fourth-order valence-corrected chi connectivity index (χ4v) is 0.992. The summed E-state index contributed by atoms with van der Waals surface area (Å²) in [6.07, 6.45) is 1.16. The molecule has 0 bridgehead atoms. The zero-order valence-corrected chi connectivity index (χ0v) is 7.50. The summed E-state index contributed by atoms with van der Waals surface area (Å²) < 4.78 is 10.2. The van der Waals surface area contributed by atoms with Crippen molar-refractivity contribution in [3.05, 3.63) is 12.7 Å². The van der Waals surface area contributed by atoms with Crippen LogP contribution in [-0.4, -0.2) is 24.8 Å². The number of carbonyl (C=O) groups is 1. The first-order valence-electron chi connectivity index (χ1n) is 4.01. The summed E-state index contributed by atoms with van der Waals surface area (Å²) in [6, 6.07) is 0. The second-order valence-electron chi connectivity index (χ2n) is 3.34. The molecule has 0 N–H and O–H groups in total. The maximum absolute atomic E-state index is 10.7. The Hall–Kier alpha value is -0.830. The van der Waals surface area contributed by atoms with Gasteiger partial charge in [0.2, 0.25) is 0 Å². The number of ether oxygens (including phenoxy) is 2. The van der Waals surface area contributed by atoms with E-state index in [9.17, 15) is 4.79 Å². The lowest BCUT2D eigenvalue weighted by atomic mass is 9.87. The molecule has 1 fully saturated rings. The van der Waals surface area contributed by atoms with Crippen molar-refractivity contribution in [1.29, 1.82) is 0 Å². The fraction of sp³-hybridized carbons (Fsp3) is 0.667. The average molecular weight is 170 g/mol. The van der Waals surface area contributed by atoms with Crippen molar-refractivity contribution in [2.75, 3.05) is 13.2 Å². The quantitative estimate of drug-likeness (QED) is 0.470. The lowest BCUT2D eigenvalue weighted by molar-refractivity contribution is -0.212. The van der Waals surface area contributed by atoms with Crippen LogP contribution in [0.2, 0.25) is 0 Å². The van der Waals surface area contributed by atoms with Crippen LogP contribution in [0.5, 0.6) is 0 Å². The van der Waals surface area contributed by atoms with E-state index in [0.717, 1.165) is 12.7 Å². The summed E-state index contributed by atoms with van der Waals surface area (Å²) >= 11 is 0. The van der Waals surface area contributed by atoms with Crippen molar-refractivity contribution in [3.8, 4) is 0 Å². The van der Waals surface area contributed by atoms with E-state index in [1.807, 2.05) is 6.92 Å². The van der Waals surface area contributed by atoms with Crippen LogP contribution >= 0.6 is 0 Å². The van der Waals surface area contributed by atoms with Crippen LogP contribution in [0.1, 0.15) is 13.8 Å². The molecule has 68 valence electrons. The van der Waals surface area contributed by atoms with Gasteiger partial charge in [-0.2, -0.15) is 0 Å². The number of hydrogen-bond donors (Lipinski definition) is 0. The predicted molar refractivity (Wildman–Crippen MR) is 44.7 cm³/mol. The molecule has 3 heteroatoms. The average Bonchev–Trinajstić information content (AvgIpc) is 2.10. The molecule has 1 rings (SSSR count). The molecule has 0 radical (unpaired) electrons. The van der Waals surface area contributed by atoms with E-state index in [1.54, 1.807) is 0 Å². The number of carbonyl (C=O) groups excluding carboxylic acids is 1. The monoisotopic (exact) mass is 170 g/mol. The smallest absolute Gasteiger partial charge is 0.330 e. The minimum absolute atomic E-state index is 0.279. The lowest BCUT2D eigenvalue weighted by Crippen LogP contribution is -2.53. The van der Waals surface area contributed by atoms with E-state index in [4.69, 9.17) is 9.47 Å². The first-order valence-corrected chi connectivity index (χ1v) is 4.01. The molecular formula is C9H14O3. The summed E-state index contributed by atoms with van der Waals surface area (Å²) in [5, 5.41) is 0. The molecule has 2 unspecified atom stereocenters. The van der Waals surface area contributed by atoms with Crippen molar-refractivity contribution in [1.82, 2.24) is 0 Å². The Bertz CT molecular complexity index is 200. The van der Waals surface area contributed by atoms with Crippen LogP contribution in [-0.2, 0) is 14.3 Å². The Balaban J connectivity index is 2.31. The number of rotatable bonds is 3. The maximum Gasteiger partial charge on any atom is 0.330 e. The van der Waals surface area contributed by atoms with E-state index in [1.165, 1.54) is 0 Å². The molecule has 1 saturated heterocycles. The summed E-state index contributed by atoms with van der Waals surface area (Å²) in [4.78, 5) is 10.7. The van der Waals surface area contributed by atoms with Gasteiger partial charge in [-0.1, -0.05) is 13.5 Å². The van der Waals surface area contributed by atoms with Crippen LogP contribution in [0.15, 0.2) is 12.7 Å². The highest BCUT2D eigenvalue weighted by Crippen LogP contribution is 2.32. The molecule has 3 nitrogen and oxygen atoms in total. The summed E-state index contributed by atoms with van der Waals surface area (Å²) in [5.74, 6) is 0.0639. The first kappa shape index (κ1) is 9.26. The Kier molecular flexibility index (Phi) is 2.52. The van der Waals surface area contributed by atoms with Gasteiger partial charge in [0.25, 0.3) is 0 Å². The molecule has 0 amide bonds. The molecule has 2 atom stereocenters. The van der Waals surface area contributed by atoms with Crippen molar-refractivity contribution in [3.63, 3.8) is 0 Å². The minimum Gasteiger partial charge on any atom is -0.459 e. The molecule has 0 spiro atoms. The molecule has 0 aromatic carbocycles.